The van der Waals surface area contributed by atoms with E-state index in [4.69, 9.17) is 11.6 Å². The van der Waals surface area contributed by atoms with Gasteiger partial charge in [-0.25, -0.2) is 4.98 Å². The Morgan fingerprint density at radius 1 is 1.47 bits per heavy atom. The van der Waals surface area contributed by atoms with Crippen LogP contribution in [0, 0.1) is 6.92 Å². The van der Waals surface area contributed by atoms with Crippen molar-refractivity contribution < 1.29 is 5.11 Å². The molecule has 2 aromatic rings. The Morgan fingerprint density at radius 3 is 2.88 bits per heavy atom. The van der Waals surface area contributed by atoms with Gasteiger partial charge in [0.15, 0.2) is 0 Å². The maximum absolute atomic E-state index is 10.2. The predicted octanol–water partition coefficient (Wildman–Crippen LogP) is 2.66. The molecule has 1 aromatic carbocycles. The molecule has 4 heteroatoms. The van der Waals surface area contributed by atoms with Crippen LogP contribution in [0.4, 0.5) is 0 Å². The standard InChI is InChI=1S/C13H15ClN2O/c1-9-10(4-3-5-11(9)14)12(17)8-13-15-6-7-16(13)2/h3-7,12,17H,8H2,1-2H3. The molecule has 0 amide bonds. The van der Waals surface area contributed by atoms with Crippen LogP contribution in [0.2, 0.25) is 5.02 Å². The molecule has 1 unspecified atom stereocenters. The second-order valence-electron chi connectivity index (χ2n) is 4.13. The highest BCUT2D eigenvalue weighted by Crippen LogP contribution is 2.25. The van der Waals surface area contributed by atoms with Gasteiger partial charge < -0.3 is 9.67 Å². The van der Waals surface area contributed by atoms with Crippen LogP contribution < -0.4 is 0 Å². The lowest BCUT2D eigenvalue weighted by Crippen LogP contribution is -2.08. The van der Waals surface area contributed by atoms with Gasteiger partial charge in [0.2, 0.25) is 0 Å². The summed E-state index contributed by atoms with van der Waals surface area (Å²) in [6, 6.07) is 5.58. The lowest BCUT2D eigenvalue weighted by atomic mass is 10.0. The third-order valence-corrected chi connectivity index (χ3v) is 3.37. The van der Waals surface area contributed by atoms with E-state index in [9.17, 15) is 5.11 Å². The number of aliphatic hydroxyl groups is 1. The molecule has 0 spiro atoms. The lowest BCUT2D eigenvalue weighted by Gasteiger charge is -2.14. The van der Waals surface area contributed by atoms with Gasteiger partial charge >= 0.3 is 0 Å². The summed E-state index contributed by atoms with van der Waals surface area (Å²) in [5, 5.41) is 10.9. The molecule has 0 aliphatic carbocycles. The summed E-state index contributed by atoms with van der Waals surface area (Å²) in [5.41, 5.74) is 1.79. The van der Waals surface area contributed by atoms with Crippen molar-refractivity contribution in [1.82, 2.24) is 9.55 Å². The molecule has 0 radical (unpaired) electrons. The smallest absolute Gasteiger partial charge is 0.111 e. The van der Waals surface area contributed by atoms with Gasteiger partial charge in [0.1, 0.15) is 5.82 Å². The van der Waals surface area contributed by atoms with Gasteiger partial charge in [0, 0.05) is 30.9 Å². The van der Waals surface area contributed by atoms with Crippen LogP contribution >= 0.6 is 11.6 Å². The summed E-state index contributed by atoms with van der Waals surface area (Å²) in [6.07, 6.45) is 3.51. The molecular weight excluding hydrogens is 236 g/mol. The molecule has 0 aliphatic heterocycles. The molecule has 17 heavy (non-hydrogen) atoms. The summed E-state index contributed by atoms with van der Waals surface area (Å²) in [4.78, 5) is 4.20. The molecule has 0 fully saturated rings. The third kappa shape index (κ3) is 2.51. The zero-order chi connectivity index (χ0) is 12.4. The number of hydrogen-bond acceptors (Lipinski definition) is 2. The maximum atomic E-state index is 10.2. The Morgan fingerprint density at radius 2 is 2.24 bits per heavy atom. The largest absolute Gasteiger partial charge is 0.388 e. The van der Waals surface area contributed by atoms with E-state index in [1.54, 1.807) is 6.20 Å². The van der Waals surface area contributed by atoms with Crippen molar-refractivity contribution in [2.45, 2.75) is 19.4 Å². The topological polar surface area (TPSA) is 38.1 Å². The SMILES string of the molecule is Cc1c(Cl)cccc1C(O)Cc1nccn1C. The monoisotopic (exact) mass is 250 g/mol. The number of aryl methyl sites for hydroxylation is 1. The highest BCUT2D eigenvalue weighted by atomic mass is 35.5. The first-order valence-electron chi connectivity index (χ1n) is 5.49. The van der Waals surface area contributed by atoms with Crippen LogP contribution in [0.15, 0.2) is 30.6 Å². The number of hydrogen-bond donors (Lipinski definition) is 1. The van der Waals surface area contributed by atoms with Gasteiger partial charge in [-0.3, -0.25) is 0 Å². The first-order valence-corrected chi connectivity index (χ1v) is 5.86. The number of aliphatic hydroxyl groups excluding tert-OH is 1. The molecule has 1 heterocycles. The van der Waals surface area contributed by atoms with Gasteiger partial charge in [0.05, 0.1) is 6.10 Å². The fourth-order valence-electron chi connectivity index (χ4n) is 1.86. The molecule has 0 saturated carbocycles. The van der Waals surface area contributed by atoms with E-state index in [1.807, 2.05) is 42.9 Å². The van der Waals surface area contributed by atoms with Crippen molar-refractivity contribution >= 4 is 11.6 Å². The molecule has 3 nitrogen and oxygen atoms in total. The molecule has 1 atom stereocenters. The number of benzene rings is 1. The van der Waals surface area contributed by atoms with Gasteiger partial charge in [0.25, 0.3) is 0 Å². The van der Waals surface area contributed by atoms with Crippen LogP contribution in [0.25, 0.3) is 0 Å². The highest BCUT2D eigenvalue weighted by Gasteiger charge is 2.14. The van der Waals surface area contributed by atoms with E-state index in [0.717, 1.165) is 17.0 Å². The summed E-state index contributed by atoms with van der Waals surface area (Å²) >= 11 is 6.04. The molecule has 0 aliphatic rings. The van der Waals surface area contributed by atoms with E-state index in [2.05, 4.69) is 4.98 Å². The number of nitrogens with zero attached hydrogens (tertiary/aromatic N) is 2. The van der Waals surface area contributed by atoms with Crippen molar-refractivity contribution in [3.8, 4) is 0 Å². The van der Waals surface area contributed by atoms with Crippen molar-refractivity contribution in [3.63, 3.8) is 0 Å². The Labute approximate surface area is 106 Å². The predicted molar refractivity (Wildman–Crippen MR) is 68.1 cm³/mol. The minimum atomic E-state index is -0.574. The quantitative estimate of drug-likeness (QED) is 0.910. The highest BCUT2D eigenvalue weighted by molar-refractivity contribution is 6.31. The maximum Gasteiger partial charge on any atom is 0.111 e. The second kappa shape index (κ2) is 4.90. The lowest BCUT2D eigenvalue weighted by molar-refractivity contribution is 0.174. The Kier molecular flexibility index (Phi) is 3.50. The molecule has 90 valence electrons. The Bertz CT molecular complexity index is 522. The van der Waals surface area contributed by atoms with Crippen LogP contribution in [-0.4, -0.2) is 14.7 Å². The summed E-state index contributed by atoms with van der Waals surface area (Å²) in [7, 11) is 1.92. The average Bonchev–Trinajstić information content (AvgIpc) is 2.68. The number of aromatic nitrogens is 2. The van der Waals surface area contributed by atoms with Gasteiger partial charge in [-0.15, -0.1) is 0 Å². The van der Waals surface area contributed by atoms with Crippen molar-refractivity contribution in [3.05, 3.63) is 52.6 Å². The minimum Gasteiger partial charge on any atom is -0.388 e. The van der Waals surface area contributed by atoms with Gasteiger partial charge in [-0.2, -0.15) is 0 Å². The molecule has 1 aromatic heterocycles. The molecule has 0 saturated heterocycles. The first-order chi connectivity index (χ1) is 8.09. The fourth-order valence-corrected chi connectivity index (χ4v) is 2.04. The molecule has 1 N–H and O–H groups in total. The summed E-state index contributed by atoms with van der Waals surface area (Å²) in [5.74, 6) is 0.858. The number of imidazole rings is 1. The minimum absolute atomic E-state index is 0.491. The molecule has 0 bridgehead atoms. The first kappa shape index (κ1) is 12.1. The van der Waals surface area contributed by atoms with E-state index in [-0.39, 0.29) is 0 Å². The van der Waals surface area contributed by atoms with Crippen molar-refractivity contribution in [1.29, 1.82) is 0 Å². The van der Waals surface area contributed by atoms with Crippen molar-refractivity contribution in [2.24, 2.45) is 7.05 Å². The number of halogens is 1. The van der Waals surface area contributed by atoms with E-state index in [1.165, 1.54) is 0 Å². The van der Waals surface area contributed by atoms with E-state index >= 15 is 0 Å². The van der Waals surface area contributed by atoms with Crippen LogP contribution in [-0.2, 0) is 13.5 Å². The zero-order valence-corrected chi connectivity index (χ0v) is 10.6. The molecule has 2 rings (SSSR count). The van der Waals surface area contributed by atoms with Gasteiger partial charge in [-0.1, -0.05) is 23.7 Å². The van der Waals surface area contributed by atoms with Gasteiger partial charge in [-0.05, 0) is 24.1 Å². The van der Waals surface area contributed by atoms with Crippen LogP contribution in [0.3, 0.4) is 0 Å². The average molecular weight is 251 g/mol. The zero-order valence-electron chi connectivity index (χ0n) is 9.89. The second-order valence-corrected chi connectivity index (χ2v) is 4.54. The van der Waals surface area contributed by atoms with E-state index < -0.39 is 6.10 Å². The summed E-state index contributed by atoms with van der Waals surface area (Å²) in [6.45, 7) is 1.92. The summed E-state index contributed by atoms with van der Waals surface area (Å²) < 4.78 is 1.91. The third-order valence-electron chi connectivity index (χ3n) is 2.97. The van der Waals surface area contributed by atoms with Crippen LogP contribution in [0.1, 0.15) is 23.1 Å². The van der Waals surface area contributed by atoms with Crippen LogP contribution in [0.5, 0.6) is 0 Å². The fraction of sp³-hybridized carbons (Fsp3) is 0.308. The Hall–Kier alpha value is -1.32. The number of rotatable bonds is 3. The molecular formula is C13H15ClN2O. The Balaban J connectivity index is 2.23. The van der Waals surface area contributed by atoms with Crippen molar-refractivity contribution in [2.75, 3.05) is 0 Å². The van der Waals surface area contributed by atoms with E-state index in [0.29, 0.717) is 11.4 Å². The normalized spacial score (nSPS) is 12.7.